The van der Waals surface area contributed by atoms with E-state index >= 15 is 0 Å². The number of aliphatic carboxylic acids is 1. The molecule has 2 unspecified atom stereocenters. The van der Waals surface area contributed by atoms with Gasteiger partial charge >= 0.3 is 5.97 Å². The molecule has 0 heterocycles. The fourth-order valence-corrected chi connectivity index (χ4v) is 1.98. The van der Waals surface area contributed by atoms with Gasteiger partial charge < -0.3 is 20.3 Å². The van der Waals surface area contributed by atoms with Crippen LogP contribution in [0.3, 0.4) is 0 Å². The van der Waals surface area contributed by atoms with Crippen molar-refractivity contribution in [1.82, 2.24) is 5.32 Å². The molecule has 0 aliphatic carbocycles. The highest BCUT2D eigenvalue weighted by atomic mass is 16.5. The number of ether oxygens (including phenoxy) is 1. The first-order valence-electron chi connectivity index (χ1n) is 6.98. The third kappa shape index (κ3) is 5.37. The predicted octanol–water partition coefficient (Wildman–Crippen LogP) is 1.73. The third-order valence-corrected chi connectivity index (χ3v) is 3.05. The zero-order chi connectivity index (χ0) is 16.9. The minimum atomic E-state index is -1.40. The minimum absolute atomic E-state index is 0.173. The molecule has 122 valence electrons. The van der Waals surface area contributed by atoms with E-state index in [1.165, 1.54) is 7.11 Å². The van der Waals surface area contributed by atoms with E-state index < -0.39 is 24.0 Å². The Morgan fingerprint density at radius 2 is 1.77 bits per heavy atom. The Labute approximate surface area is 130 Å². The first-order valence-corrected chi connectivity index (χ1v) is 6.98. The Morgan fingerprint density at radius 3 is 2.18 bits per heavy atom. The molecule has 0 fully saturated rings. The van der Waals surface area contributed by atoms with E-state index in [4.69, 9.17) is 4.74 Å². The van der Waals surface area contributed by atoms with Crippen LogP contribution in [0.25, 0.3) is 0 Å². The highest BCUT2D eigenvalue weighted by Gasteiger charge is 2.30. The maximum absolute atomic E-state index is 11.9. The normalized spacial score (nSPS) is 14.0. The van der Waals surface area contributed by atoms with Crippen LogP contribution in [0.15, 0.2) is 24.3 Å². The van der Waals surface area contributed by atoms with Gasteiger partial charge in [0.2, 0.25) is 5.91 Å². The summed E-state index contributed by atoms with van der Waals surface area (Å²) in [5.41, 5.74) is 0.127. The van der Waals surface area contributed by atoms with Crippen molar-refractivity contribution in [3.63, 3.8) is 0 Å². The second kappa shape index (κ2) is 7.26. The fourth-order valence-electron chi connectivity index (χ4n) is 1.98. The number of carboxylic acid groups (broad SMARTS) is 1. The van der Waals surface area contributed by atoms with Gasteiger partial charge in [0.05, 0.1) is 7.11 Å². The summed E-state index contributed by atoms with van der Waals surface area (Å²) in [6.45, 7) is 5.63. The lowest BCUT2D eigenvalue weighted by Gasteiger charge is -2.23. The topological polar surface area (TPSA) is 95.9 Å². The number of hydrogen-bond acceptors (Lipinski definition) is 4. The van der Waals surface area contributed by atoms with Crippen LogP contribution in [-0.4, -0.2) is 35.2 Å². The van der Waals surface area contributed by atoms with E-state index in [1.54, 1.807) is 24.3 Å². The van der Waals surface area contributed by atoms with Gasteiger partial charge in [-0.25, -0.2) is 4.79 Å². The molecule has 6 nitrogen and oxygen atoms in total. The lowest BCUT2D eigenvalue weighted by Crippen LogP contribution is -2.45. The number of aliphatic hydroxyl groups is 1. The maximum Gasteiger partial charge on any atom is 0.329 e. The lowest BCUT2D eigenvalue weighted by molar-refractivity contribution is -0.145. The molecule has 1 amide bonds. The van der Waals surface area contributed by atoms with Crippen molar-refractivity contribution in [2.75, 3.05) is 7.11 Å². The van der Waals surface area contributed by atoms with Gasteiger partial charge in [0.1, 0.15) is 11.9 Å². The van der Waals surface area contributed by atoms with E-state index in [2.05, 4.69) is 5.32 Å². The molecule has 0 saturated carbocycles. The van der Waals surface area contributed by atoms with Gasteiger partial charge in [-0.2, -0.15) is 0 Å². The summed E-state index contributed by atoms with van der Waals surface area (Å²) >= 11 is 0. The van der Waals surface area contributed by atoms with Crippen LogP contribution >= 0.6 is 0 Å². The number of carboxylic acids is 1. The number of nitrogens with one attached hydrogen (secondary N) is 1. The molecule has 1 aromatic carbocycles. The van der Waals surface area contributed by atoms with Crippen molar-refractivity contribution >= 4 is 11.9 Å². The lowest BCUT2D eigenvalue weighted by atomic mass is 9.91. The number of carbonyl (C=O) groups is 2. The average molecular weight is 309 g/mol. The average Bonchev–Trinajstić information content (AvgIpc) is 2.42. The number of benzene rings is 1. The van der Waals surface area contributed by atoms with E-state index in [-0.39, 0.29) is 11.8 Å². The molecule has 0 spiro atoms. The molecule has 0 aromatic heterocycles. The second-order valence-corrected chi connectivity index (χ2v) is 6.34. The van der Waals surface area contributed by atoms with Crippen molar-refractivity contribution in [2.45, 2.75) is 39.3 Å². The number of aliphatic hydroxyl groups excluding tert-OH is 1. The molecule has 1 aromatic rings. The van der Waals surface area contributed by atoms with Crippen molar-refractivity contribution in [3.05, 3.63) is 29.8 Å². The van der Waals surface area contributed by atoms with Crippen molar-refractivity contribution < 1.29 is 24.5 Å². The highest BCUT2D eigenvalue weighted by Crippen LogP contribution is 2.22. The Kier molecular flexibility index (Phi) is 5.93. The highest BCUT2D eigenvalue weighted by molar-refractivity contribution is 5.84. The molecular weight excluding hydrogens is 286 g/mol. The van der Waals surface area contributed by atoms with Crippen molar-refractivity contribution in [1.29, 1.82) is 0 Å². The van der Waals surface area contributed by atoms with E-state index in [0.717, 1.165) is 0 Å². The second-order valence-electron chi connectivity index (χ2n) is 6.34. The first kappa shape index (κ1) is 18.0. The molecule has 0 bridgehead atoms. The minimum Gasteiger partial charge on any atom is -0.497 e. The fraction of sp³-hybridized carbons (Fsp3) is 0.500. The Morgan fingerprint density at radius 1 is 1.23 bits per heavy atom. The van der Waals surface area contributed by atoms with E-state index in [1.807, 2.05) is 20.8 Å². The Hall–Kier alpha value is -2.08. The van der Waals surface area contributed by atoms with Crippen molar-refractivity contribution in [3.8, 4) is 5.75 Å². The van der Waals surface area contributed by atoms with Gasteiger partial charge in [0, 0.05) is 6.42 Å². The molecular formula is C16H23NO5. The smallest absolute Gasteiger partial charge is 0.329 e. The quantitative estimate of drug-likeness (QED) is 0.744. The monoisotopic (exact) mass is 309 g/mol. The van der Waals surface area contributed by atoms with Crippen LogP contribution in [0.2, 0.25) is 0 Å². The number of hydrogen-bond donors (Lipinski definition) is 3. The summed E-state index contributed by atoms with van der Waals surface area (Å²) in [7, 11) is 1.51. The summed E-state index contributed by atoms with van der Waals surface area (Å²) in [4.78, 5) is 23.2. The number of carbonyl (C=O) groups excluding carboxylic acids is 1. The van der Waals surface area contributed by atoms with E-state index in [0.29, 0.717) is 11.3 Å². The zero-order valence-electron chi connectivity index (χ0n) is 13.3. The van der Waals surface area contributed by atoms with Crippen LogP contribution in [0.5, 0.6) is 5.75 Å². The predicted molar refractivity (Wildman–Crippen MR) is 81.6 cm³/mol. The molecule has 0 aliphatic rings. The molecule has 1 rings (SSSR count). The summed E-state index contributed by atoms with van der Waals surface area (Å²) in [6, 6.07) is 4.97. The molecule has 0 aliphatic heterocycles. The van der Waals surface area contributed by atoms with Crippen LogP contribution < -0.4 is 10.1 Å². The summed E-state index contributed by atoms with van der Waals surface area (Å²) < 4.78 is 5.01. The SMILES string of the molecule is COc1ccc(C(O)C(NC(=O)CC(C)(C)C)C(=O)O)cc1. The number of rotatable bonds is 6. The third-order valence-electron chi connectivity index (χ3n) is 3.05. The molecule has 0 radical (unpaired) electrons. The number of methoxy groups -OCH3 is 1. The maximum atomic E-state index is 11.9. The van der Waals surface area contributed by atoms with Gasteiger partial charge in [0.25, 0.3) is 0 Å². The summed E-state index contributed by atoms with van der Waals surface area (Å²) in [5.74, 6) is -1.10. The van der Waals surface area contributed by atoms with Gasteiger partial charge in [0.15, 0.2) is 6.04 Å². The van der Waals surface area contributed by atoms with Crippen molar-refractivity contribution in [2.24, 2.45) is 5.41 Å². The first-order chi connectivity index (χ1) is 10.1. The van der Waals surface area contributed by atoms with Gasteiger partial charge in [-0.1, -0.05) is 32.9 Å². The Balaban J connectivity index is 2.85. The molecule has 0 saturated heterocycles. The summed E-state index contributed by atoms with van der Waals surface area (Å²) in [6.07, 6.45) is -1.17. The zero-order valence-corrected chi connectivity index (χ0v) is 13.3. The van der Waals surface area contributed by atoms with Crippen LogP contribution in [0.1, 0.15) is 38.9 Å². The molecule has 3 N–H and O–H groups in total. The summed E-state index contributed by atoms with van der Waals surface area (Å²) in [5, 5.41) is 21.9. The van der Waals surface area contributed by atoms with Crippen LogP contribution in [0.4, 0.5) is 0 Å². The van der Waals surface area contributed by atoms with E-state index in [9.17, 15) is 19.8 Å². The standard InChI is InChI=1S/C16H23NO5/c1-16(2,3)9-12(18)17-13(15(20)21)14(19)10-5-7-11(22-4)8-6-10/h5-8,13-14,19H,9H2,1-4H3,(H,17,18)(H,20,21). The number of amides is 1. The van der Waals surface area contributed by atoms with Gasteiger partial charge in [-0.05, 0) is 23.1 Å². The molecule has 6 heteroatoms. The molecule has 22 heavy (non-hydrogen) atoms. The molecule has 2 atom stereocenters. The Bertz CT molecular complexity index is 518. The van der Waals surface area contributed by atoms with Crippen LogP contribution in [0, 0.1) is 5.41 Å². The van der Waals surface area contributed by atoms with Gasteiger partial charge in [-0.3, -0.25) is 4.79 Å². The van der Waals surface area contributed by atoms with Gasteiger partial charge in [-0.15, -0.1) is 0 Å². The van der Waals surface area contributed by atoms with Crippen LogP contribution in [-0.2, 0) is 9.59 Å². The largest absolute Gasteiger partial charge is 0.497 e.